The van der Waals surface area contributed by atoms with Crippen LogP contribution in [0.5, 0.6) is 0 Å². The molecule has 5 heteroatoms. The molecule has 0 aromatic carbocycles. The maximum atomic E-state index is 6.18. The summed E-state index contributed by atoms with van der Waals surface area (Å²) >= 11 is 0. The second-order valence-electron chi connectivity index (χ2n) is 6.50. The third kappa shape index (κ3) is 3.48. The van der Waals surface area contributed by atoms with E-state index in [2.05, 4.69) is 27.0 Å². The van der Waals surface area contributed by atoms with Crippen molar-refractivity contribution in [2.75, 3.05) is 13.2 Å². The molecule has 2 aliphatic rings. The average molecular weight is 325 g/mol. The zero-order valence-electron chi connectivity index (χ0n) is 13.8. The minimum atomic E-state index is 0.110. The Kier molecular flexibility index (Phi) is 4.83. The molecule has 0 N–H and O–H groups in total. The van der Waals surface area contributed by atoms with Gasteiger partial charge in [-0.05, 0) is 42.7 Å². The minimum absolute atomic E-state index is 0.110. The van der Waals surface area contributed by atoms with Gasteiger partial charge in [-0.3, -0.25) is 14.9 Å². The van der Waals surface area contributed by atoms with Gasteiger partial charge < -0.3 is 9.47 Å². The molecule has 0 radical (unpaired) electrons. The Bertz CT molecular complexity index is 638. The van der Waals surface area contributed by atoms with Crippen molar-refractivity contribution < 1.29 is 9.47 Å². The van der Waals surface area contributed by atoms with Gasteiger partial charge in [0, 0.05) is 44.3 Å². The largest absolute Gasteiger partial charge is 0.374 e. The maximum absolute atomic E-state index is 6.18. The summed E-state index contributed by atoms with van der Waals surface area (Å²) in [5.41, 5.74) is 2.26. The molecule has 0 aliphatic carbocycles. The molecule has 0 unspecified atom stereocenters. The summed E-state index contributed by atoms with van der Waals surface area (Å²) in [7, 11) is 0. The number of nitrogens with zero attached hydrogens (tertiary/aromatic N) is 3. The average Bonchev–Trinajstić information content (AvgIpc) is 3.00. The van der Waals surface area contributed by atoms with Gasteiger partial charge in [0.25, 0.3) is 0 Å². The van der Waals surface area contributed by atoms with Crippen molar-refractivity contribution >= 4 is 0 Å². The fourth-order valence-electron chi connectivity index (χ4n) is 3.73. The molecule has 5 nitrogen and oxygen atoms in total. The zero-order chi connectivity index (χ0) is 16.2. The Morgan fingerprint density at radius 1 is 1.17 bits per heavy atom. The van der Waals surface area contributed by atoms with Crippen LogP contribution in [0.2, 0.25) is 0 Å². The van der Waals surface area contributed by atoms with Crippen LogP contribution in [-0.2, 0) is 22.6 Å². The monoisotopic (exact) mass is 325 g/mol. The third-order valence-corrected chi connectivity index (χ3v) is 4.89. The number of pyridine rings is 2. The van der Waals surface area contributed by atoms with E-state index >= 15 is 0 Å². The number of fused-ring (bicyclic) bond motifs is 1. The molecule has 0 bridgehead atoms. The van der Waals surface area contributed by atoms with Crippen molar-refractivity contribution in [3.8, 4) is 0 Å². The van der Waals surface area contributed by atoms with Gasteiger partial charge in [-0.1, -0.05) is 6.07 Å². The van der Waals surface area contributed by atoms with Crippen LogP contribution in [0.4, 0.5) is 0 Å². The molecular formula is C19H23N3O2. The van der Waals surface area contributed by atoms with E-state index in [0.29, 0.717) is 12.6 Å². The van der Waals surface area contributed by atoms with E-state index in [-0.39, 0.29) is 12.2 Å². The van der Waals surface area contributed by atoms with E-state index in [4.69, 9.17) is 9.47 Å². The third-order valence-electron chi connectivity index (χ3n) is 4.89. The van der Waals surface area contributed by atoms with Gasteiger partial charge in [-0.2, -0.15) is 0 Å². The molecule has 0 spiro atoms. The van der Waals surface area contributed by atoms with Crippen molar-refractivity contribution in [2.45, 2.75) is 44.2 Å². The van der Waals surface area contributed by atoms with Crippen molar-refractivity contribution in [1.29, 1.82) is 0 Å². The smallest absolute Gasteiger partial charge is 0.100 e. The second-order valence-corrected chi connectivity index (χ2v) is 6.50. The summed E-state index contributed by atoms with van der Waals surface area (Å²) in [6.07, 6.45) is 8.11. The van der Waals surface area contributed by atoms with Gasteiger partial charge in [-0.15, -0.1) is 0 Å². The summed E-state index contributed by atoms with van der Waals surface area (Å²) in [6, 6.07) is 10.5. The predicted molar refractivity (Wildman–Crippen MR) is 90.2 cm³/mol. The van der Waals surface area contributed by atoms with Gasteiger partial charge in [0.2, 0.25) is 0 Å². The molecule has 4 heterocycles. The molecule has 2 aliphatic heterocycles. The lowest BCUT2D eigenvalue weighted by Gasteiger charge is -2.32. The van der Waals surface area contributed by atoms with E-state index in [9.17, 15) is 0 Å². The van der Waals surface area contributed by atoms with Crippen molar-refractivity contribution in [3.05, 3.63) is 60.2 Å². The van der Waals surface area contributed by atoms with E-state index in [1.165, 1.54) is 12.0 Å². The molecule has 126 valence electrons. The van der Waals surface area contributed by atoms with Crippen LogP contribution in [0.3, 0.4) is 0 Å². The Morgan fingerprint density at radius 2 is 2.08 bits per heavy atom. The lowest BCUT2D eigenvalue weighted by molar-refractivity contribution is -0.0824. The van der Waals surface area contributed by atoms with Crippen LogP contribution in [0.15, 0.2) is 48.9 Å². The minimum Gasteiger partial charge on any atom is -0.374 e. The highest BCUT2D eigenvalue weighted by molar-refractivity contribution is 5.11. The molecular weight excluding hydrogens is 302 g/mol. The SMILES string of the molecule is c1ccc(CO[C@@H]2CN(Cc3ccncc3)[C@H]3CCCO[C@@H]23)nc1. The first-order chi connectivity index (χ1) is 11.9. The molecule has 2 saturated heterocycles. The van der Waals surface area contributed by atoms with Crippen LogP contribution in [0, 0.1) is 0 Å². The molecule has 2 aromatic rings. The number of likely N-dealkylation sites (tertiary alicyclic amines) is 1. The van der Waals surface area contributed by atoms with Crippen molar-refractivity contribution in [2.24, 2.45) is 0 Å². The fraction of sp³-hybridized carbons (Fsp3) is 0.474. The van der Waals surface area contributed by atoms with Crippen LogP contribution in [0.25, 0.3) is 0 Å². The molecule has 2 fully saturated rings. The van der Waals surface area contributed by atoms with E-state index in [1.807, 2.05) is 36.8 Å². The highest BCUT2D eigenvalue weighted by Gasteiger charge is 2.44. The van der Waals surface area contributed by atoms with E-state index in [1.54, 1.807) is 0 Å². The molecule has 3 atom stereocenters. The predicted octanol–water partition coefficient (Wildman–Crippen LogP) is 2.43. The van der Waals surface area contributed by atoms with E-state index in [0.717, 1.165) is 31.8 Å². The number of ether oxygens (including phenoxy) is 2. The molecule has 4 rings (SSSR count). The highest BCUT2D eigenvalue weighted by atomic mass is 16.5. The topological polar surface area (TPSA) is 47.5 Å². The lowest BCUT2D eigenvalue weighted by atomic mass is 10.0. The number of aromatic nitrogens is 2. The summed E-state index contributed by atoms with van der Waals surface area (Å²) in [5, 5.41) is 0. The van der Waals surface area contributed by atoms with Crippen molar-refractivity contribution in [1.82, 2.24) is 14.9 Å². The zero-order valence-corrected chi connectivity index (χ0v) is 13.8. The first kappa shape index (κ1) is 15.7. The van der Waals surface area contributed by atoms with Gasteiger partial charge >= 0.3 is 0 Å². The second kappa shape index (κ2) is 7.38. The number of rotatable bonds is 5. The normalized spacial score (nSPS) is 27.1. The van der Waals surface area contributed by atoms with Gasteiger partial charge in [0.15, 0.2) is 0 Å². The summed E-state index contributed by atoms with van der Waals surface area (Å²) in [6.45, 7) is 3.22. The standard InChI is InChI=1S/C19H23N3O2/c1-2-8-21-16(4-1)14-24-18-13-22(12-15-6-9-20-10-7-15)17-5-3-11-23-19(17)18/h1-2,4,6-10,17-19H,3,5,11-14H2/t17-,18+,19+/m0/s1. The first-order valence-electron chi connectivity index (χ1n) is 8.66. The maximum Gasteiger partial charge on any atom is 0.100 e. The van der Waals surface area contributed by atoms with Crippen LogP contribution in [-0.4, -0.2) is 46.3 Å². The molecule has 0 saturated carbocycles. The van der Waals surface area contributed by atoms with Gasteiger partial charge in [0.05, 0.1) is 18.4 Å². The van der Waals surface area contributed by atoms with Crippen LogP contribution in [0.1, 0.15) is 24.1 Å². The fourth-order valence-corrected chi connectivity index (χ4v) is 3.73. The Morgan fingerprint density at radius 3 is 2.92 bits per heavy atom. The summed E-state index contributed by atoms with van der Waals surface area (Å²) in [5.74, 6) is 0. The number of hydrogen-bond donors (Lipinski definition) is 0. The highest BCUT2D eigenvalue weighted by Crippen LogP contribution is 2.32. The number of hydrogen-bond acceptors (Lipinski definition) is 5. The van der Waals surface area contributed by atoms with Crippen LogP contribution < -0.4 is 0 Å². The Hall–Kier alpha value is -1.82. The Labute approximate surface area is 142 Å². The molecule has 24 heavy (non-hydrogen) atoms. The van der Waals surface area contributed by atoms with E-state index < -0.39 is 0 Å². The van der Waals surface area contributed by atoms with Gasteiger partial charge in [-0.25, -0.2) is 0 Å². The van der Waals surface area contributed by atoms with Crippen molar-refractivity contribution in [3.63, 3.8) is 0 Å². The molecule has 0 amide bonds. The van der Waals surface area contributed by atoms with Gasteiger partial charge in [0.1, 0.15) is 6.10 Å². The lowest BCUT2D eigenvalue weighted by Crippen LogP contribution is -2.41. The summed E-state index contributed by atoms with van der Waals surface area (Å²) in [4.78, 5) is 11.0. The quantitative estimate of drug-likeness (QED) is 0.845. The first-order valence-corrected chi connectivity index (χ1v) is 8.66. The molecule has 2 aromatic heterocycles. The summed E-state index contributed by atoms with van der Waals surface area (Å²) < 4.78 is 12.3. The van der Waals surface area contributed by atoms with Crippen LogP contribution >= 0.6 is 0 Å². The Balaban J connectivity index is 1.43.